The van der Waals surface area contributed by atoms with Crippen LogP contribution >= 0.6 is 0 Å². The standard InChI is InChI=1S/C20H20F3N7O/c21-20(22,23)14-2-1-3-15(10-14)25-19(31)29-8-6-28(7-9-29)16-11-17-26-27-18(13-4-5-13)30(17)24-12-16/h1-3,10-13H,4-9H2,(H,25,31). The number of carbonyl (C=O) groups is 1. The zero-order valence-corrected chi connectivity index (χ0v) is 16.5. The predicted octanol–water partition coefficient (Wildman–Crippen LogP) is 3.37. The lowest BCUT2D eigenvalue weighted by molar-refractivity contribution is -0.137. The number of amides is 2. The number of piperazine rings is 1. The first-order valence-corrected chi connectivity index (χ1v) is 10.1. The quantitative estimate of drug-likeness (QED) is 0.688. The SMILES string of the molecule is O=C(Nc1cccc(C(F)(F)F)c1)N1CCN(c2cnn3c(C4CC4)nnc3c2)CC1. The Hall–Kier alpha value is -3.37. The fourth-order valence-electron chi connectivity index (χ4n) is 3.71. The van der Waals surface area contributed by atoms with E-state index in [0.29, 0.717) is 37.7 Å². The van der Waals surface area contributed by atoms with Gasteiger partial charge in [-0.25, -0.2) is 4.79 Å². The molecule has 0 radical (unpaired) electrons. The van der Waals surface area contributed by atoms with Crippen LogP contribution in [0.1, 0.15) is 30.1 Å². The van der Waals surface area contributed by atoms with E-state index in [0.717, 1.165) is 36.5 Å². The molecule has 1 saturated carbocycles. The highest BCUT2D eigenvalue weighted by molar-refractivity contribution is 5.89. The molecule has 3 aromatic rings. The average molecular weight is 431 g/mol. The first kappa shape index (κ1) is 19.6. The van der Waals surface area contributed by atoms with Gasteiger partial charge in [0.2, 0.25) is 0 Å². The molecule has 11 heteroatoms. The smallest absolute Gasteiger partial charge is 0.367 e. The summed E-state index contributed by atoms with van der Waals surface area (Å²) in [7, 11) is 0. The van der Waals surface area contributed by atoms with Gasteiger partial charge >= 0.3 is 12.2 Å². The number of nitrogens with zero attached hydrogens (tertiary/aromatic N) is 6. The minimum atomic E-state index is -4.45. The van der Waals surface area contributed by atoms with E-state index in [1.54, 1.807) is 15.6 Å². The van der Waals surface area contributed by atoms with Gasteiger partial charge in [-0.2, -0.15) is 22.8 Å². The van der Waals surface area contributed by atoms with Crippen molar-refractivity contribution in [1.29, 1.82) is 0 Å². The van der Waals surface area contributed by atoms with Gasteiger partial charge in [-0.15, -0.1) is 10.2 Å². The fourth-order valence-corrected chi connectivity index (χ4v) is 3.71. The third-order valence-corrected chi connectivity index (χ3v) is 5.59. The summed E-state index contributed by atoms with van der Waals surface area (Å²) in [5.41, 5.74) is 0.927. The van der Waals surface area contributed by atoms with Crippen LogP contribution in [0.5, 0.6) is 0 Å². The van der Waals surface area contributed by atoms with Gasteiger partial charge in [0.05, 0.1) is 17.4 Å². The number of hydrogen-bond donors (Lipinski definition) is 1. The maximum Gasteiger partial charge on any atom is 0.416 e. The Bertz CT molecular complexity index is 1120. The largest absolute Gasteiger partial charge is 0.416 e. The first-order chi connectivity index (χ1) is 14.9. The summed E-state index contributed by atoms with van der Waals surface area (Å²) in [4.78, 5) is 16.2. The zero-order valence-electron chi connectivity index (χ0n) is 16.5. The Balaban J connectivity index is 1.21. The molecule has 2 aliphatic rings. The Morgan fingerprint density at radius 3 is 2.55 bits per heavy atom. The molecule has 31 heavy (non-hydrogen) atoms. The number of nitrogens with one attached hydrogen (secondary N) is 1. The molecule has 1 saturated heterocycles. The molecule has 0 atom stereocenters. The molecule has 2 fully saturated rings. The average Bonchev–Trinajstić information content (AvgIpc) is 3.52. The molecule has 1 aromatic carbocycles. The molecule has 0 bridgehead atoms. The summed E-state index contributed by atoms with van der Waals surface area (Å²) in [5, 5.41) is 15.5. The number of fused-ring (bicyclic) bond motifs is 1. The second-order valence-electron chi connectivity index (χ2n) is 7.80. The molecular formula is C20H20F3N7O. The Kier molecular flexibility index (Phi) is 4.67. The molecule has 2 aromatic heterocycles. The molecule has 1 aliphatic heterocycles. The number of carbonyl (C=O) groups excluding carboxylic acids is 1. The van der Waals surface area contributed by atoms with E-state index in [2.05, 4.69) is 25.5 Å². The van der Waals surface area contributed by atoms with Crippen molar-refractivity contribution in [2.24, 2.45) is 0 Å². The van der Waals surface area contributed by atoms with Crippen molar-refractivity contribution in [2.45, 2.75) is 24.9 Å². The van der Waals surface area contributed by atoms with Crippen LogP contribution in [0.4, 0.5) is 29.3 Å². The van der Waals surface area contributed by atoms with Crippen molar-refractivity contribution in [3.05, 3.63) is 47.9 Å². The van der Waals surface area contributed by atoms with Gasteiger partial charge in [0, 0.05) is 43.9 Å². The number of alkyl halides is 3. The number of halogens is 3. The van der Waals surface area contributed by atoms with Crippen LogP contribution in [0, 0.1) is 0 Å². The van der Waals surface area contributed by atoms with Crippen molar-refractivity contribution in [1.82, 2.24) is 24.7 Å². The monoisotopic (exact) mass is 431 g/mol. The van der Waals surface area contributed by atoms with Gasteiger partial charge in [-0.1, -0.05) is 6.07 Å². The number of hydrogen-bond acceptors (Lipinski definition) is 5. The summed E-state index contributed by atoms with van der Waals surface area (Å²) in [5.74, 6) is 1.35. The van der Waals surface area contributed by atoms with Gasteiger partial charge in [-0.3, -0.25) is 0 Å². The van der Waals surface area contributed by atoms with E-state index in [1.165, 1.54) is 12.1 Å². The fraction of sp³-hybridized carbons (Fsp3) is 0.400. The topological polar surface area (TPSA) is 78.7 Å². The summed E-state index contributed by atoms with van der Waals surface area (Å²) < 4.78 is 40.4. The summed E-state index contributed by atoms with van der Waals surface area (Å²) in [6, 6.07) is 6.15. The minimum absolute atomic E-state index is 0.121. The molecule has 8 nitrogen and oxygen atoms in total. The van der Waals surface area contributed by atoms with Crippen molar-refractivity contribution < 1.29 is 18.0 Å². The third-order valence-electron chi connectivity index (χ3n) is 5.59. The highest BCUT2D eigenvalue weighted by Crippen LogP contribution is 2.38. The Morgan fingerprint density at radius 1 is 1.06 bits per heavy atom. The van der Waals surface area contributed by atoms with E-state index >= 15 is 0 Å². The van der Waals surface area contributed by atoms with E-state index in [4.69, 9.17) is 0 Å². The molecule has 1 aliphatic carbocycles. The van der Waals surface area contributed by atoms with Crippen molar-refractivity contribution in [3.63, 3.8) is 0 Å². The number of aromatic nitrogens is 4. The second kappa shape index (κ2) is 7.40. The number of rotatable bonds is 3. The van der Waals surface area contributed by atoms with Crippen LogP contribution in [0.3, 0.4) is 0 Å². The lowest BCUT2D eigenvalue weighted by atomic mass is 10.2. The molecule has 2 amide bonds. The van der Waals surface area contributed by atoms with Crippen LogP contribution in [-0.4, -0.2) is 56.9 Å². The van der Waals surface area contributed by atoms with E-state index < -0.39 is 17.8 Å². The maximum atomic E-state index is 12.9. The Morgan fingerprint density at radius 2 is 1.84 bits per heavy atom. The van der Waals surface area contributed by atoms with Gasteiger partial charge < -0.3 is 15.1 Å². The summed E-state index contributed by atoms with van der Waals surface area (Å²) >= 11 is 0. The Labute approximate surface area is 175 Å². The van der Waals surface area contributed by atoms with Crippen LogP contribution in [0.15, 0.2) is 36.5 Å². The lowest BCUT2D eigenvalue weighted by Gasteiger charge is -2.35. The molecule has 0 unspecified atom stereocenters. The summed E-state index contributed by atoms with van der Waals surface area (Å²) in [6.45, 7) is 2.04. The minimum Gasteiger partial charge on any atom is -0.367 e. The van der Waals surface area contributed by atoms with Crippen molar-refractivity contribution in [3.8, 4) is 0 Å². The highest BCUT2D eigenvalue weighted by Gasteiger charge is 2.31. The second-order valence-corrected chi connectivity index (χ2v) is 7.80. The van der Waals surface area contributed by atoms with Crippen molar-refractivity contribution in [2.75, 3.05) is 36.4 Å². The number of benzene rings is 1. The van der Waals surface area contributed by atoms with Gasteiger partial charge in [0.1, 0.15) is 0 Å². The summed E-state index contributed by atoms with van der Waals surface area (Å²) in [6.07, 6.45) is -0.435. The molecule has 162 valence electrons. The van der Waals surface area contributed by atoms with Gasteiger partial charge in [0.25, 0.3) is 0 Å². The zero-order chi connectivity index (χ0) is 21.6. The molecule has 0 spiro atoms. The molecular weight excluding hydrogens is 411 g/mol. The van der Waals surface area contributed by atoms with E-state index in [-0.39, 0.29) is 5.69 Å². The maximum absolute atomic E-state index is 12.9. The van der Waals surface area contributed by atoms with Crippen LogP contribution in [0.25, 0.3) is 5.65 Å². The third kappa shape index (κ3) is 3.99. The highest BCUT2D eigenvalue weighted by atomic mass is 19.4. The van der Waals surface area contributed by atoms with Crippen LogP contribution in [0.2, 0.25) is 0 Å². The predicted molar refractivity (Wildman–Crippen MR) is 107 cm³/mol. The normalized spacial score (nSPS) is 17.3. The molecule has 5 rings (SSSR count). The number of anilines is 2. The van der Waals surface area contributed by atoms with Gasteiger partial charge in [0.15, 0.2) is 11.5 Å². The van der Waals surface area contributed by atoms with Gasteiger partial charge in [-0.05, 0) is 31.0 Å². The van der Waals surface area contributed by atoms with E-state index in [9.17, 15) is 18.0 Å². The van der Waals surface area contributed by atoms with Crippen molar-refractivity contribution >= 4 is 23.1 Å². The van der Waals surface area contributed by atoms with Crippen LogP contribution in [-0.2, 0) is 6.18 Å². The number of urea groups is 1. The first-order valence-electron chi connectivity index (χ1n) is 10.1. The molecule has 1 N–H and O–H groups in total. The molecule has 3 heterocycles. The van der Waals surface area contributed by atoms with E-state index in [1.807, 2.05) is 6.07 Å². The van der Waals surface area contributed by atoms with Crippen LogP contribution < -0.4 is 10.2 Å². The lowest BCUT2D eigenvalue weighted by Crippen LogP contribution is -2.50.